The van der Waals surface area contributed by atoms with Crippen molar-refractivity contribution in [3.63, 3.8) is 0 Å². The van der Waals surface area contributed by atoms with Gasteiger partial charge in [-0.1, -0.05) is 0 Å². The Bertz CT molecular complexity index is 600. The monoisotopic (exact) mass is 289 g/mol. The number of amides is 1. The van der Waals surface area contributed by atoms with E-state index in [-0.39, 0.29) is 11.9 Å². The molecule has 104 valence electrons. The van der Waals surface area contributed by atoms with E-state index in [1.807, 2.05) is 4.90 Å². The van der Waals surface area contributed by atoms with Crippen LogP contribution in [0.4, 0.5) is 0 Å². The van der Waals surface area contributed by atoms with Gasteiger partial charge in [-0.3, -0.25) is 4.79 Å². The first-order valence-electron chi connectivity index (χ1n) is 6.54. The third kappa shape index (κ3) is 2.41. The Morgan fingerprint density at radius 2 is 2.20 bits per heavy atom. The highest BCUT2D eigenvalue weighted by molar-refractivity contribution is 7.16. The highest BCUT2D eigenvalue weighted by Gasteiger charge is 2.29. The summed E-state index contributed by atoms with van der Waals surface area (Å²) in [6.45, 7) is 1.29. The average Bonchev–Trinajstić information content (AvgIpc) is 3.16. The van der Waals surface area contributed by atoms with Crippen LogP contribution in [0.1, 0.15) is 22.5 Å². The lowest BCUT2D eigenvalue weighted by atomic mass is 10.2. The van der Waals surface area contributed by atoms with Gasteiger partial charge in [0.15, 0.2) is 10.8 Å². The highest BCUT2D eigenvalue weighted by Crippen LogP contribution is 2.25. The zero-order valence-corrected chi connectivity index (χ0v) is 11.7. The van der Waals surface area contributed by atoms with Crippen LogP contribution in [0.2, 0.25) is 0 Å². The molecule has 1 atom stereocenters. The van der Waals surface area contributed by atoms with Crippen molar-refractivity contribution in [3.8, 4) is 10.8 Å². The van der Waals surface area contributed by atoms with Crippen molar-refractivity contribution in [2.75, 3.05) is 13.1 Å². The maximum Gasteiger partial charge on any atom is 0.265 e. The zero-order chi connectivity index (χ0) is 13.9. The van der Waals surface area contributed by atoms with E-state index in [1.165, 1.54) is 11.3 Å². The molecule has 0 aliphatic carbocycles. The highest BCUT2D eigenvalue weighted by atomic mass is 32.1. The Morgan fingerprint density at radius 1 is 1.40 bits per heavy atom. The Kier molecular flexibility index (Phi) is 3.70. The van der Waals surface area contributed by atoms with Gasteiger partial charge in [0.25, 0.3) is 5.91 Å². The normalized spacial score (nSPS) is 18.4. The third-order valence-corrected chi connectivity index (χ3v) is 4.36. The molecule has 0 saturated carbocycles. The van der Waals surface area contributed by atoms with Crippen LogP contribution in [0.15, 0.2) is 24.7 Å². The van der Waals surface area contributed by atoms with Gasteiger partial charge in [-0.15, -0.1) is 11.3 Å². The molecule has 2 aromatic rings. The minimum absolute atomic E-state index is 0.0117. The lowest BCUT2D eigenvalue weighted by Gasteiger charge is -2.22. The smallest absolute Gasteiger partial charge is 0.265 e. The van der Waals surface area contributed by atoms with Gasteiger partial charge in [-0.05, 0) is 18.9 Å². The van der Waals surface area contributed by atoms with E-state index >= 15 is 0 Å². The summed E-state index contributed by atoms with van der Waals surface area (Å²) in [6, 6.07) is 1.90. The Morgan fingerprint density at radius 3 is 2.95 bits per heavy atom. The summed E-state index contributed by atoms with van der Waals surface area (Å²) in [4.78, 5) is 27.5. The number of thiazole rings is 1. The average molecular weight is 289 g/mol. The fraction of sp³-hybridized carbons (Fsp3) is 0.385. The van der Waals surface area contributed by atoms with Gasteiger partial charge in [0, 0.05) is 31.5 Å². The second-order valence-electron chi connectivity index (χ2n) is 4.63. The van der Waals surface area contributed by atoms with Crippen LogP contribution in [0.5, 0.6) is 0 Å². The maximum absolute atomic E-state index is 12.5. The first-order valence-corrected chi connectivity index (χ1v) is 7.35. The molecule has 7 heteroatoms. The Balaban J connectivity index is 1.82. The van der Waals surface area contributed by atoms with E-state index in [4.69, 9.17) is 5.73 Å². The van der Waals surface area contributed by atoms with Gasteiger partial charge in [-0.2, -0.15) is 0 Å². The zero-order valence-electron chi connectivity index (χ0n) is 10.9. The fourth-order valence-corrected chi connectivity index (χ4v) is 3.20. The largest absolute Gasteiger partial charge is 0.334 e. The quantitative estimate of drug-likeness (QED) is 0.916. The van der Waals surface area contributed by atoms with E-state index in [1.54, 1.807) is 24.7 Å². The van der Waals surface area contributed by atoms with Crippen LogP contribution in [0.3, 0.4) is 0 Å². The van der Waals surface area contributed by atoms with Crippen molar-refractivity contribution in [1.82, 2.24) is 19.9 Å². The van der Waals surface area contributed by atoms with Gasteiger partial charge in [0.2, 0.25) is 0 Å². The number of hydrogen-bond donors (Lipinski definition) is 1. The summed E-state index contributed by atoms with van der Waals surface area (Å²) in [5.74, 6) is 0.561. The number of likely N-dealkylation sites (tertiary alicyclic amines) is 1. The Hall–Kier alpha value is -1.86. The van der Waals surface area contributed by atoms with Gasteiger partial charge >= 0.3 is 0 Å². The second-order valence-corrected chi connectivity index (χ2v) is 5.66. The standard InChI is InChI=1S/C13H15N5OS/c14-7-9-3-1-6-18(9)13(19)10-8-17-12(20-10)11-15-4-2-5-16-11/h2,4-5,8-9H,1,3,6-7,14H2/t9-/m1/s1. The molecule has 6 nitrogen and oxygen atoms in total. The molecule has 0 unspecified atom stereocenters. The summed E-state index contributed by atoms with van der Waals surface area (Å²) in [5.41, 5.74) is 5.71. The molecule has 1 aliphatic rings. The molecular formula is C13H15N5OS. The van der Waals surface area contributed by atoms with Crippen LogP contribution < -0.4 is 5.73 Å². The fourth-order valence-electron chi connectivity index (χ4n) is 2.38. The minimum atomic E-state index is 0.0117. The molecule has 0 bridgehead atoms. The van der Waals surface area contributed by atoms with Gasteiger partial charge in [-0.25, -0.2) is 15.0 Å². The lowest BCUT2D eigenvalue weighted by molar-refractivity contribution is 0.0746. The molecule has 3 heterocycles. The number of rotatable bonds is 3. The molecule has 0 radical (unpaired) electrons. The predicted octanol–water partition coefficient (Wildman–Crippen LogP) is 1.16. The molecule has 20 heavy (non-hydrogen) atoms. The molecule has 2 aromatic heterocycles. The van der Waals surface area contributed by atoms with Crippen molar-refractivity contribution in [2.45, 2.75) is 18.9 Å². The summed E-state index contributed by atoms with van der Waals surface area (Å²) >= 11 is 1.33. The van der Waals surface area contributed by atoms with Crippen LogP contribution in [-0.4, -0.2) is 44.9 Å². The molecule has 2 N–H and O–H groups in total. The van der Waals surface area contributed by atoms with E-state index in [0.29, 0.717) is 22.3 Å². The molecule has 1 amide bonds. The first-order chi connectivity index (χ1) is 9.79. The van der Waals surface area contributed by atoms with Crippen molar-refractivity contribution in [1.29, 1.82) is 0 Å². The number of nitrogens with two attached hydrogens (primary N) is 1. The summed E-state index contributed by atoms with van der Waals surface area (Å²) < 4.78 is 0. The molecule has 0 spiro atoms. The van der Waals surface area contributed by atoms with E-state index < -0.39 is 0 Å². The van der Waals surface area contributed by atoms with Crippen molar-refractivity contribution in [2.24, 2.45) is 5.73 Å². The maximum atomic E-state index is 12.5. The van der Waals surface area contributed by atoms with Crippen molar-refractivity contribution in [3.05, 3.63) is 29.5 Å². The van der Waals surface area contributed by atoms with Gasteiger partial charge < -0.3 is 10.6 Å². The molecule has 1 saturated heterocycles. The number of carbonyl (C=O) groups is 1. The van der Waals surface area contributed by atoms with E-state index in [9.17, 15) is 4.79 Å². The molecule has 0 aromatic carbocycles. The summed E-state index contributed by atoms with van der Waals surface area (Å²) in [7, 11) is 0. The number of hydrogen-bond acceptors (Lipinski definition) is 6. The van der Waals surface area contributed by atoms with Gasteiger partial charge in [0.1, 0.15) is 4.88 Å². The molecule has 1 aliphatic heterocycles. The SMILES string of the molecule is NC[C@H]1CCCN1C(=O)c1cnc(-c2ncccn2)s1. The molecule has 1 fully saturated rings. The van der Waals surface area contributed by atoms with E-state index in [2.05, 4.69) is 15.0 Å². The van der Waals surface area contributed by atoms with Crippen molar-refractivity contribution < 1.29 is 4.79 Å². The molecule has 3 rings (SSSR count). The lowest BCUT2D eigenvalue weighted by Crippen LogP contribution is -2.39. The predicted molar refractivity (Wildman–Crippen MR) is 76.3 cm³/mol. The van der Waals surface area contributed by atoms with Crippen LogP contribution in [-0.2, 0) is 0 Å². The van der Waals surface area contributed by atoms with Crippen molar-refractivity contribution >= 4 is 17.2 Å². The van der Waals surface area contributed by atoms with Crippen LogP contribution in [0.25, 0.3) is 10.8 Å². The number of nitrogens with zero attached hydrogens (tertiary/aromatic N) is 4. The molecular weight excluding hydrogens is 274 g/mol. The second kappa shape index (κ2) is 5.64. The topological polar surface area (TPSA) is 85.0 Å². The minimum Gasteiger partial charge on any atom is -0.334 e. The van der Waals surface area contributed by atoms with Crippen LogP contribution >= 0.6 is 11.3 Å². The Labute approximate surface area is 120 Å². The van der Waals surface area contributed by atoms with Crippen LogP contribution in [0, 0.1) is 0 Å². The summed E-state index contributed by atoms with van der Waals surface area (Å²) in [6.07, 6.45) is 6.92. The van der Waals surface area contributed by atoms with E-state index in [0.717, 1.165) is 19.4 Å². The number of carbonyl (C=O) groups excluding carboxylic acids is 1. The summed E-state index contributed by atoms with van der Waals surface area (Å²) in [5, 5.41) is 0.664. The first kappa shape index (κ1) is 13.1. The van der Waals surface area contributed by atoms with Gasteiger partial charge in [0.05, 0.1) is 6.20 Å². The third-order valence-electron chi connectivity index (χ3n) is 3.38. The number of aromatic nitrogens is 3.